The fraction of sp³-hybridized carbons (Fsp3) is 0.0870. The van der Waals surface area contributed by atoms with Gasteiger partial charge in [0, 0.05) is 5.56 Å². The smallest absolute Gasteiger partial charge is 0.161 e. The average molecular weight is 341 g/mol. The van der Waals surface area contributed by atoms with Gasteiger partial charge in [-0.05, 0) is 34.5 Å². The Morgan fingerprint density at radius 3 is 2.65 bits per heavy atom. The van der Waals surface area contributed by atoms with Crippen LogP contribution in [-0.4, -0.2) is 13.7 Å². The SMILES string of the molecule is C=CCOc1ccc(/C=C(/C#N)c2cccc3ccccc23)cc1OC. The van der Waals surface area contributed by atoms with E-state index in [0.29, 0.717) is 23.7 Å². The van der Waals surface area contributed by atoms with E-state index in [0.717, 1.165) is 21.9 Å². The van der Waals surface area contributed by atoms with Crippen molar-refractivity contribution in [1.29, 1.82) is 5.26 Å². The van der Waals surface area contributed by atoms with Gasteiger partial charge in [0.1, 0.15) is 6.61 Å². The number of nitriles is 1. The number of hydrogen-bond donors (Lipinski definition) is 0. The van der Waals surface area contributed by atoms with Crippen LogP contribution in [0.3, 0.4) is 0 Å². The van der Waals surface area contributed by atoms with Crippen LogP contribution in [0.4, 0.5) is 0 Å². The zero-order chi connectivity index (χ0) is 18.4. The van der Waals surface area contributed by atoms with Crippen LogP contribution < -0.4 is 9.47 Å². The molecule has 3 nitrogen and oxygen atoms in total. The zero-order valence-corrected chi connectivity index (χ0v) is 14.6. The van der Waals surface area contributed by atoms with E-state index in [4.69, 9.17) is 9.47 Å². The molecule has 0 aliphatic carbocycles. The number of methoxy groups -OCH3 is 1. The highest BCUT2D eigenvalue weighted by molar-refractivity contribution is 6.01. The van der Waals surface area contributed by atoms with E-state index in [1.165, 1.54) is 0 Å². The second kappa shape index (κ2) is 8.04. The molecule has 0 spiro atoms. The van der Waals surface area contributed by atoms with Crippen molar-refractivity contribution in [3.05, 3.63) is 84.4 Å². The summed E-state index contributed by atoms with van der Waals surface area (Å²) in [6.07, 6.45) is 3.54. The summed E-state index contributed by atoms with van der Waals surface area (Å²) < 4.78 is 11.0. The summed E-state index contributed by atoms with van der Waals surface area (Å²) in [5, 5.41) is 11.9. The van der Waals surface area contributed by atoms with Crippen molar-refractivity contribution in [2.75, 3.05) is 13.7 Å². The first-order valence-electron chi connectivity index (χ1n) is 8.28. The molecule has 0 atom stereocenters. The van der Waals surface area contributed by atoms with E-state index in [9.17, 15) is 5.26 Å². The summed E-state index contributed by atoms with van der Waals surface area (Å²) in [7, 11) is 1.60. The second-order valence-electron chi connectivity index (χ2n) is 5.71. The highest BCUT2D eigenvalue weighted by Crippen LogP contribution is 2.31. The number of ether oxygens (including phenoxy) is 2. The van der Waals surface area contributed by atoms with Crippen molar-refractivity contribution in [2.24, 2.45) is 0 Å². The summed E-state index contributed by atoms with van der Waals surface area (Å²) in [6.45, 7) is 4.05. The van der Waals surface area contributed by atoms with Gasteiger partial charge in [-0.25, -0.2) is 0 Å². The van der Waals surface area contributed by atoms with Gasteiger partial charge in [0.15, 0.2) is 11.5 Å². The highest BCUT2D eigenvalue weighted by Gasteiger charge is 2.08. The van der Waals surface area contributed by atoms with Gasteiger partial charge in [-0.15, -0.1) is 0 Å². The Balaban J connectivity index is 2.04. The Hall–Kier alpha value is -3.51. The molecule has 26 heavy (non-hydrogen) atoms. The van der Waals surface area contributed by atoms with Crippen LogP contribution in [0.1, 0.15) is 11.1 Å². The topological polar surface area (TPSA) is 42.2 Å². The fourth-order valence-electron chi connectivity index (χ4n) is 2.84. The molecule has 0 unspecified atom stereocenters. The summed E-state index contributed by atoms with van der Waals surface area (Å²) in [4.78, 5) is 0. The largest absolute Gasteiger partial charge is 0.493 e. The Morgan fingerprint density at radius 1 is 1.08 bits per heavy atom. The molecule has 0 aliphatic rings. The molecule has 0 amide bonds. The van der Waals surface area contributed by atoms with Crippen molar-refractivity contribution in [2.45, 2.75) is 0 Å². The predicted molar refractivity (Wildman–Crippen MR) is 106 cm³/mol. The summed E-state index contributed by atoms with van der Waals surface area (Å²) in [5.41, 5.74) is 2.39. The number of rotatable bonds is 6. The molecule has 0 radical (unpaired) electrons. The number of nitrogens with zero attached hydrogens (tertiary/aromatic N) is 1. The van der Waals surface area contributed by atoms with Gasteiger partial charge in [0.2, 0.25) is 0 Å². The molecule has 0 bridgehead atoms. The first kappa shape index (κ1) is 17.3. The third-order valence-electron chi connectivity index (χ3n) is 4.06. The van der Waals surface area contributed by atoms with Crippen LogP contribution in [-0.2, 0) is 0 Å². The molecule has 0 saturated carbocycles. The normalized spacial score (nSPS) is 11.0. The minimum absolute atomic E-state index is 0.408. The van der Waals surface area contributed by atoms with Gasteiger partial charge in [0.05, 0.1) is 18.8 Å². The van der Waals surface area contributed by atoms with Crippen LogP contribution in [0.2, 0.25) is 0 Å². The van der Waals surface area contributed by atoms with E-state index >= 15 is 0 Å². The monoisotopic (exact) mass is 341 g/mol. The lowest BCUT2D eigenvalue weighted by molar-refractivity contribution is 0.326. The molecule has 3 heteroatoms. The zero-order valence-electron chi connectivity index (χ0n) is 14.6. The van der Waals surface area contributed by atoms with Crippen molar-refractivity contribution in [1.82, 2.24) is 0 Å². The van der Waals surface area contributed by atoms with Gasteiger partial charge in [-0.1, -0.05) is 61.2 Å². The molecule has 3 aromatic rings. The lowest BCUT2D eigenvalue weighted by Crippen LogP contribution is -1.96. The summed E-state index contributed by atoms with van der Waals surface area (Å²) in [5.74, 6) is 1.27. The number of allylic oxidation sites excluding steroid dienone is 1. The molecule has 128 valence electrons. The van der Waals surface area contributed by atoms with Crippen molar-refractivity contribution < 1.29 is 9.47 Å². The molecule has 3 aromatic carbocycles. The third-order valence-corrected chi connectivity index (χ3v) is 4.06. The molecular formula is C23H19NO2. The molecule has 3 rings (SSSR count). The van der Waals surface area contributed by atoms with Crippen LogP contribution in [0.5, 0.6) is 11.5 Å². The van der Waals surface area contributed by atoms with Crippen LogP contribution in [0.15, 0.2) is 73.3 Å². The Labute approximate surface area is 153 Å². The first-order valence-corrected chi connectivity index (χ1v) is 8.28. The van der Waals surface area contributed by atoms with Crippen molar-refractivity contribution in [3.63, 3.8) is 0 Å². The minimum Gasteiger partial charge on any atom is -0.493 e. The van der Waals surface area contributed by atoms with Crippen LogP contribution >= 0.6 is 0 Å². The third kappa shape index (κ3) is 3.60. The van der Waals surface area contributed by atoms with E-state index in [1.807, 2.05) is 66.7 Å². The minimum atomic E-state index is 0.408. The van der Waals surface area contributed by atoms with Crippen molar-refractivity contribution in [3.8, 4) is 17.6 Å². The summed E-state index contributed by atoms with van der Waals surface area (Å²) >= 11 is 0. The highest BCUT2D eigenvalue weighted by atomic mass is 16.5. The van der Waals surface area contributed by atoms with Gasteiger partial charge in [-0.3, -0.25) is 0 Å². The standard InChI is InChI=1S/C23H19NO2/c1-3-13-26-22-12-11-17(15-23(22)25-2)14-19(16-24)21-10-6-8-18-7-4-5-9-20(18)21/h3-12,14-15H,1,13H2,2H3/b19-14-. The Kier molecular flexibility index (Phi) is 5.36. The van der Waals surface area contributed by atoms with Crippen molar-refractivity contribution >= 4 is 22.4 Å². The Bertz CT molecular complexity index is 1010. The maximum absolute atomic E-state index is 9.71. The lowest BCUT2D eigenvalue weighted by atomic mass is 9.97. The van der Waals surface area contributed by atoms with Crippen LogP contribution in [0.25, 0.3) is 22.4 Å². The lowest BCUT2D eigenvalue weighted by Gasteiger charge is -2.10. The molecule has 0 N–H and O–H groups in total. The first-order chi connectivity index (χ1) is 12.8. The molecule has 0 aliphatic heterocycles. The van der Waals surface area contributed by atoms with Gasteiger partial charge in [-0.2, -0.15) is 5.26 Å². The number of fused-ring (bicyclic) bond motifs is 1. The number of hydrogen-bond acceptors (Lipinski definition) is 3. The van der Waals surface area contributed by atoms with Gasteiger partial charge in [0.25, 0.3) is 0 Å². The van der Waals surface area contributed by atoms with E-state index in [1.54, 1.807) is 13.2 Å². The quantitative estimate of drug-likeness (QED) is 0.339. The maximum atomic E-state index is 9.71. The summed E-state index contributed by atoms with van der Waals surface area (Å²) in [6, 6.07) is 22.0. The van der Waals surface area contributed by atoms with Gasteiger partial charge < -0.3 is 9.47 Å². The average Bonchev–Trinajstić information content (AvgIpc) is 2.70. The van der Waals surface area contributed by atoms with Gasteiger partial charge >= 0.3 is 0 Å². The number of benzene rings is 3. The second-order valence-corrected chi connectivity index (χ2v) is 5.71. The van der Waals surface area contributed by atoms with Crippen LogP contribution in [0, 0.1) is 11.3 Å². The van der Waals surface area contributed by atoms with E-state index in [2.05, 4.69) is 12.6 Å². The predicted octanol–water partition coefficient (Wildman–Crippen LogP) is 5.48. The molecule has 0 heterocycles. The Morgan fingerprint density at radius 2 is 1.88 bits per heavy atom. The fourth-order valence-corrected chi connectivity index (χ4v) is 2.84. The maximum Gasteiger partial charge on any atom is 0.161 e. The molecule has 0 aromatic heterocycles. The molecule has 0 saturated heterocycles. The van der Waals surface area contributed by atoms with E-state index in [-0.39, 0.29) is 0 Å². The molecule has 0 fully saturated rings. The molecular weight excluding hydrogens is 322 g/mol. The van der Waals surface area contributed by atoms with E-state index < -0.39 is 0 Å².